The van der Waals surface area contributed by atoms with Crippen molar-refractivity contribution in [2.45, 2.75) is 31.7 Å². The van der Waals surface area contributed by atoms with Gasteiger partial charge in [-0.2, -0.15) is 0 Å². The number of anilines is 1. The summed E-state index contributed by atoms with van der Waals surface area (Å²) in [7, 11) is 0. The summed E-state index contributed by atoms with van der Waals surface area (Å²) in [6, 6.07) is 6.44. The van der Waals surface area contributed by atoms with E-state index >= 15 is 0 Å². The number of hydrogen-bond donors (Lipinski definition) is 2. The Hall–Kier alpha value is -1.42. The fourth-order valence-electron chi connectivity index (χ4n) is 2.66. The minimum Gasteiger partial charge on any atom is -0.454 e. The number of nitrogens with two attached hydrogens (primary N) is 1. The summed E-state index contributed by atoms with van der Waals surface area (Å²) in [5.41, 5.74) is 7.02. The molecule has 4 nitrogen and oxygen atoms in total. The van der Waals surface area contributed by atoms with Gasteiger partial charge in [-0.25, -0.2) is 0 Å². The lowest BCUT2D eigenvalue weighted by atomic mass is 9.86. The van der Waals surface area contributed by atoms with Crippen LogP contribution in [0.1, 0.15) is 25.7 Å². The summed E-state index contributed by atoms with van der Waals surface area (Å²) < 4.78 is 10.7. The lowest BCUT2D eigenvalue weighted by molar-refractivity contribution is 0.174. The summed E-state index contributed by atoms with van der Waals surface area (Å²) in [5.74, 6) is 2.42. The third kappa shape index (κ3) is 2.53. The maximum Gasteiger partial charge on any atom is 0.231 e. The van der Waals surface area contributed by atoms with Crippen molar-refractivity contribution in [1.29, 1.82) is 0 Å². The highest BCUT2D eigenvalue weighted by Gasteiger charge is 2.18. The summed E-state index contributed by atoms with van der Waals surface area (Å²) in [6.45, 7) is 1.35. The Morgan fingerprint density at radius 1 is 1.11 bits per heavy atom. The molecular formula is C14H20N2O2. The van der Waals surface area contributed by atoms with Gasteiger partial charge in [0.2, 0.25) is 6.79 Å². The first-order valence-corrected chi connectivity index (χ1v) is 6.70. The maximum atomic E-state index is 5.91. The summed E-state index contributed by atoms with van der Waals surface area (Å²) in [5, 5.41) is 3.48. The summed E-state index contributed by atoms with van der Waals surface area (Å²) in [6.07, 6.45) is 4.79. The van der Waals surface area contributed by atoms with E-state index < -0.39 is 0 Å². The second-order valence-corrected chi connectivity index (χ2v) is 5.23. The van der Waals surface area contributed by atoms with E-state index in [0.29, 0.717) is 12.8 Å². The van der Waals surface area contributed by atoms with Crippen LogP contribution in [0.3, 0.4) is 0 Å². The topological polar surface area (TPSA) is 56.5 Å². The van der Waals surface area contributed by atoms with Crippen molar-refractivity contribution in [1.82, 2.24) is 0 Å². The molecule has 0 unspecified atom stereocenters. The van der Waals surface area contributed by atoms with Crippen molar-refractivity contribution in [3.8, 4) is 11.5 Å². The molecule has 1 aromatic rings. The van der Waals surface area contributed by atoms with Crippen LogP contribution in [0.4, 0.5) is 5.69 Å². The number of rotatable bonds is 3. The third-order valence-corrected chi connectivity index (χ3v) is 3.86. The Labute approximate surface area is 107 Å². The highest BCUT2D eigenvalue weighted by molar-refractivity contribution is 5.55. The molecule has 0 aromatic heterocycles. The van der Waals surface area contributed by atoms with Gasteiger partial charge in [-0.15, -0.1) is 0 Å². The SMILES string of the molecule is N[C@H]1CC[C@H](CNc2ccc3c(c2)OCO3)CC1. The first kappa shape index (κ1) is 11.7. The largest absolute Gasteiger partial charge is 0.454 e. The predicted octanol–water partition coefficient (Wildman–Crippen LogP) is 2.34. The highest BCUT2D eigenvalue weighted by Crippen LogP contribution is 2.34. The number of benzene rings is 1. The third-order valence-electron chi connectivity index (χ3n) is 3.86. The van der Waals surface area contributed by atoms with Crippen molar-refractivity contribution in [3.05, 3.63) is 18.2 Å². The Morgan fingerprint density at radius 2 is 1.89 bits per heavy atom. The fraction of sp³-hybridized carbons (Fsp3) is 0.571. The minimum absolute atomic E-state index is 0.333. The molecule has 0 saturated heterocycles. The lowest BCUT2D eigenvalue weighted by Crippen LogP contribution is -2.29. The zero-order chi connectivity index (χ0) is 12.4. The van der Waals surface area contributed by atoms with Crippen molar-refractivity contribution in [2.75, 3.05) is 18.7 Å². The van der Waals surface area contributed by atoms with Crippen molar-refractivity contribution in [2.24, 2.45) is 11.7 Å². The summed E-state index contributed by atoms with van der Waals surface area (Å²) in [4.78, 5) is 0. The quantitative estimate of drug-likeness (QED) is 0.862. The molecule has 1 aromatic carbocycles. The van der Waals surface area contributed by atoms with E-state index in [1.54, 1.807) is 0 Å². The van der Waals surface area contributed by atoms with Crippen LogP contribution in [0.2, 0.25) is 0 Å². The molecule has 1 saturated carbocycles. The van der Waals surface area contributed by atoms with Crippen LogP contribution in [-0.2, 0) is 0 Å². The smallest absolute Gasteiger partial charge is 0.231 e. The second-order valence-electron chi connectivity index (χ2n) is 5.23. The average molecular weight is 248 g/mol. The van der Waals surface area contributed by atoms with Gasteiger partial charge < -0.3 is 20.5 Å². The molecular weight excluding hydrogens is 228 g/mol. The molecule has 3 N–H and O–H groups in total. The molecule has 1 fully saturated rings. The van der Waals surface area contributed by atoms with Crippen LogP contribution >= 0.6 is 0 Å². The molecule has 3 rings (SSSR count). The van der Waals surface area contributed by atoms with Crippen LogP contribution in [0, 0.1) is 5.92 Å². The molecule has 18 heavy (non-hydrogen) atoms. The predicted molar refractivity (Wildman–Crippen MR) is 71.0 cm³/mol. The van der Waals surface area contributed by atoms with Gasteiger partial charge in [-0.1, -0.05) is 0 Å². The van der Waals surface area contributed by atoms with Crippen LogP contribution in [0.25, 0.3) is 0 Å². The zero-order valence-corrected chi connectivity index (χ0v) is 10.5. The van der Waals surface area contributed by atoms with Gasteiger partial charge in [-0.3, -0.25) is 0 Å². The Balaban J connectivity index is 1.54. The number of hydrogen-bond acceptors (Lipinski definition) is 4. The first-order chi connectivity index (χ1) is 8.81. The van der Waals surface area contributed by atoms with E-state index in [-0.39, 0.29) is 0 Å². The van der Waals surface area contributed by atoms with Crippen molar-refractivity contribution < 1.29 is 9.47 Å². The van der Waals surface area contributed by atoms with E-state index in [1.807, 2.05) is 18.2 Å². The molecule has 0 spiro atoms. The standard InChI is InChI=1S/C14H20N2O2/c15-11-3-1-10(2-4-11)8-16-12-5-6-13-14(7-12)18-9-17-13/h5-7,10-11,16H,1-4,8-9,15H2/t10-,11-. The molecule has 0 atom stereocenters. The van der Waals surface area contributed by atoms with Crippen LogP contribution < -0.4 is 20.5 Å². The number of ether oxygens (including phenoxy) is 2. The molecule has 0 radical (unpaired) electrons. The Morgan fingerprint density at radius 3 is 2.72 bits per heavy atom. The van der Waals surface area contributed by atoms with Gasteiger partial charge in [0.05, 0.1) is 0 Å². The van der Waals surface area contributed by atoms with E-state index in [4.69, 9.17) is 15.2 Å². The van der Waals surface area contributed by atoms with Crippen LogP contribution in [0.5, 0.6) is 11.5 Å². The summed E-state index contributed by atoms with van der Waals surface area (Å²) >= 11 is 0. The molecule has 4 heteroatoms. The average Bonchev–Trinajstić information content (AvgIpc) is 2.85. The van der Waals surface area contributed by atoms with Crippen molar-refractivity contribution in [3.63, 3.8) is 0 Å². The molecule has 1 aliphatic heterocycles. The van der Waals surface area contributed by atoms with E-state index in [1.165, 1.54) is 12.8 Å². The minimum atomic E-state index is 0.333. The van der Waals surface area contributed by atoms with Crippen molar-refractivity contribution >= 4 is 5.69 Å². The van der Waals surface area contributed by atoms with Gasteiger partial charge in [0.15, 0.2) is 11.5 Å². The Bertz CT molecular complexity index is 414. The molecule has 98 valence electrons. The molecule has 0 bridgehead atoms. The fourth-order valence-corrected chi connectivity index (χ4v) is 2.66. The van der Waals surface area contributed by atoms with Gasteiger partial charge in [0.25, 0.3) is 0 Å². The van der Waals surface area contributed by atoms with Gasteiger partial charge in [0.1, 0.15) is 0 Å². The monoisotopic (exact) mass is 248 g/mol. The Kier molecular flexibility index (Phi) is 3.28. The molecule has 0 amide bonds. The first-order valence-electron chi connectivity index (χ1n) is 6.70. The van der Waals surface area contributed by atoms with Crippen LogP contribution in [0.15, 0.2) is 18.2 Å². The van der Waals surface area contributed by atoms with Gasteiger partial charge in [0, 0.05) is 24.3 Å². The van der Waals surface area contributed by atoms with Gasteiger partial charge in [-0.05, 0) is 43.7 Å². The molecule has 1 aliphatic carbocycles. The highest BCUT2D eigenvalue weighted by atomic mass is 16.7. The van der Waals surface area contributed by atoms with E-state index in [2.05, 4.69) is 5.32 Å². The number of nitrogens with one attached hydrogen (secondary N) is 1. The van der Waals surface area contributed by atoms with E-state index in [0.717, 1.165) is 42.5 Å². The molecule has 1 heterocycles. The van der Waals surface area contributed by atoms with Crippen LogP contribution in [-0.4, -0.2) is 19.4 Å². The molecule has 2 aliphatic rings. The second kappa shape index (κ2) is 5.06. The maximum absolute atomic E-state index is 5.91. The van der Waals surface area contributed by atoms with E-state index in [9.17, 15) is 0 Å². The number of fused-ring (bicyclic) bond motifs is 1. The normalized spacial score (nSPS) is 26.1. The zero-order valence-electron chi connectivity index (χ0n) is 10.5. The van der Waals surface area contributed by atoms with Gasteiger partial charge >= 0.3 is 0 Å². The lowest BCUT2D eigenvalue weighted by Gasteiger charge is -2.26.